The van der Waals surface area contributed by atoms with Crippen molar-refractivity contribution in [2.75, 3.05) is 0 Å². The Morgan fingerprint density at radius 2 is 2.05 bits per heavy atom. The number of carboxylic acid groups (broad SMARTS) is 1. The summed E-state index contributed by atoms with van der Waals surface area (Å²) in [6, 6.07) is 3.96. The highest BCUT2D eigenvalue weighted by Crippen LogP contribution is 2.23. The third-order valence-corrected chi connectivity index (χ3v) is 2.81. The van der Waals surface area contributed by atoms with Crippen LogP contribution in [-0.4, -0.2) is 21.3 Å². The normalized spacial score (nSPS) is 10.5. The summed E-state index contributed by atoms with van der Waals surface area (Å²) in [7, 11) is 0. The van der Waals surface area contributed by atoms with E-state index < -0.39 is 22.9 Å². The van der Waals surface area contributed by atoms with Gasteiger partial charge < -0.3 is 5.11 Å². The van der Waals surface area contributed by atoms with Gasteiger partial charge in [-0.05, 0) is 37.1 Å². The summed E-state index contributed by atoms with van der Waals surface area (Å²) in [5.41, 5.74) is 0.415. The van der Waals surface area contributed by atoms with Crippen LogP contribution < -0.4 is 5.43 Å². The Hall–Kier alpha value is -2.50. The first-order valence-electron chi connectivity index (χ1n) is 5.51. The van der Waals surface area contributed by atoms with Crippen LogP contribution in [-0.2, 0) is 0 Å². The van der Waals surface area contributed by atoms with Crippen LogP contribution in [0.1, 0.15) is 21.7 Å². The van der Waals surface area contributed by atoms with E-state index in [0.717, 1.165) is 0 Å². The van der Waals surface area contributed by atoms with E-state index in [4.69, 9.17) is 5.11 Å². The summed E-state index contributed by atoms with van der Waals surface area (Å²) >= 11 is 0. The largest absolute Gasteiger partial charge is 0.476 e. The highest BCUT2D eigenvalue weighted by atomic mass is 19.1. The van der Waals surface area contributed by atoms with E-state index in [1.165, 1.54) is 18.2 Å². The minimum Gasteiger partial charge on any atom is -0.476 e. The Balaban J connectivity index is 2.78. The maximum atomic E-state index is 13.1. The molecule has 2 rings (SSSR count). The summed E-state index contributed by atoms with van der Waals surface area (Å²) in [6.45, 7) is 3.26. The van der Waals surface area contributed by atoms with Gasteiger partial charge in [0.05, 0.1) is 5.56 Å². The van der Waals surface area contributed by atoms with E-state index in [9.17, 15) is 14.0 Å². The molecule has 0 saturated heterocycles. The van der Waals surface area contributed by atoms with Crippen LogP contribution >= 0.6 is 0 Å². The van der Waals surface area contributed by atoms with E-state index in [1.807, 2.05) is 0 Å². The number of nitrogens with zero attached hydrogens (tertiary/aromatic N) is 1. The average Bonchev–Trinajstić information content (AvgIpc) is 2.31. The maximum Gasteiger partial charge on any atom is 0.360 e. The predicted molar refractivity (Wildman–Crippen MR) is 66.7 cm³/mol. The average molecular weight is 262 g/mol. The smallest absolute Gasteiger partial charge is 0.360 e. The summed E-state index contributed by atoms with van der Waals surface area (Å²) in [6.07, 6.45) is 0. The van der Waals surface area contributed by atoms with E-state index in [-0.39, 0.29) is 5.56 Å². The van der Waals surface area contributed by atoms with Crippen molar-refractivity contribution < 1.29 is 14.3 Å². The number of carboxylic acids is 1. The highest BCUT2D eigenvalue weighted by Gasteiger charge is 2.18. The predicted octanol–water partition coefficient (Wildman–Crippen LogP) is 1.89. The molecule has 98 valence electrons. The number of H-pyrrole nitrogens is 1. The van der Waals surface area contributed by atoms with Crippen LogP contribution in [0.4, 0.5) is 4.39 Å². The number of hydrogen-bond acceptors (Lipinski definition) is 3. The van der Waals surface area contributed by atoms with E-state index in [0.29, 0.717) is 16.8 Å². The van der Waals surface area contributed by atoms with Gasteiger partial charge in [0.25, 0.3) is 0 Å². The second-order valence-electron chi connectivity index (χ2n) is 4.17. The van der Waals surface area contributed by atoms with Crippen LogP contribution in [0.25, 0.3) is 11.1 Å². The number of hydrogen-bond donors (Lipinski definition) is 2. The van der Waals surface area contributed by atoms with Crippen molar-refractivity contribution in [2.24, 2.45) is 0 Å². The number of aromatic amines is 1. The molecule has 2 N–H and O–H groups in total. The zero-order chi connectivity index (χ0) is 14.2. The maximum absolute atomic E-state index is 13.1. The zero-order valence-corrected chi connectivity index (χ0v) is 10.3. The summed E-state index contributed by atoms with van der Waals surface area (Å²) < 4.78 is 13.1. The van der Waals surface area contributed by atoms with Crippen molar-refractivity contribution in [1.29, 1.82) is 0 Å². The van der Waals surface area contributed by atoms with Crippen LogP contribution in [0.2, 0.25) is 0 Å². The molecule has 0 aliphatic carbocycles. The quantitative estimate of drug-likeness (QED) is 0.865. The number of aromatic nitrogens is 2. The topological polar surface area (TPSA) is 83.1 Å². The first-order chi connectivity index (χ1) is 8.91. The lowest BCUT2D eigenvalue weighted by molar-refractivity contribution is 0.0687. The van der Waals surface area contributed by atoms with Crippen LogP contribution in [0.15, 0.2) is 23.0 Å². The van der Waals surface area contributed by atoms with Crippen LogP contribution in [0.3, 0.4) is 0 Å². The van der Waals surface area contributed by atoms with Crippen molar-refractivity contribution in [3.05, 3.63) is 51.2 Å². The fourth-order valence-corrected chi connectivity index (χ4v) is 1.91. The first-order valence-corrected chi connectivity index (χ1v) is 5.51. The summed E-state index contributed by atoms with van der Waals surface area (Å²) in [5, 5.41) is 14.9. The van der Waals surface area contributed by atoms with Crippen molar-refractivity contribution in [2.45, 2.75) is 13.8 Å². The number of aromatic carboxylic acids is 1. The lowest BCUT2D eigenvalue weighted by Crippen LogP contribution is -2.21. The summed E-state index contributed by atoms with van der Waals surface area (Å²) in [5.74, 6) is -1.81. The first kappa shape index (κ1) is 12.9. The van der Waals surface area contributed by atoms with E-state index in [1.54, 1.807) is 13.8 Å². The molecule has 0 aliphatic rings. The Bertz CT molecular complexity index is 722. The van der Waals surface area contributed by atoms with Crippen LogP contribution in [0.5, 0.6) is 0 Å². The molecular weight excluding hydrogens is 251 g/mol. The monoisotopic (exact) mass is 262 g/mol. The lowest BCUT2D eigenvalue weighted by atomic mass is 9.99. The molecule has 0 amide bonds. The van der Waals surface area contributed by atoms with Gasteiger partial charge in [0.1, 0.15) is 5.82 Å². The third-order valence-electron chi connectivity index (χ3n) is 2.81. The molecule has 5 nitrogen and oxygen atoms in total. The molecule has 0 bridgehead atoms. The van der Waals surface area contributed by atoms with Crippen molar-refractivity contribution in [1.82, 2.24) is 10.2 Å². The van der Waals surface area contributed by atoms with E-state index in [2.05, 4.69) is 10.2 Å². The van der Waals surface area contributed by atoms with Crippen molar-refractivity contribution in [3.8, 4) is 11.1 Å². The molecule has 6 heteroatoms. The summed E-state index contributed by atoms with van der Waals surface area (Å²) in [4.78, 5) is 23.0. The molecular formula is C13H11FN2O3. The van der Waals surface area contributed by atoms with Crippen molar-refractivity contribution >= 4 is 5.97 Å². The molecule has 1 aromatic heterocycles. The molecule has 1 aromatic carbocycles. The number of benzene rings is 1. The lowest BCUT2D eigenvalue weighted by Gasteiger charge is -2.09. The van der Waals surface area contributed by atoms with Gasteiger partial charge in [0.2, 0.25) is 11.1 Å². The van der Waals surface area contributed by atoms with Gasteiger partial charge in [-0.25, -0.2) is 9.18 Å². The Kier molecular flexibility index (Phi) is 3.16. The zero-order valence-electron chi connectivity index (χ0n) is 10.3. The number of rotatable bonds is 2. The number of carbonyl (C=O) groups is 1. The minimum atomic E-state index is -1.40. The second-order valence-corrected chi connectivity index (χ2v) is 4.17. The van der Waals surface area contributed by atoms with Crippen molar-refractivity contribution in [3.63, 3.8) is 0 Å². The van der Waals surface area contributed by atoms with E-state index >= 15 is 0 Å². The number of aryl methyl sites for hydroxylation is 2. The molecule has 0 aliphatic heterocycles. The fourth-order valence-electron chi connectivity index (χ4n) is 1.91. The molecule has 0 saturated carbocycles. The number of halogens is 1. The standard InChI is InChI=1S/C13H11FN2O3/c1-6-5-8(14)3-4-9(6)10-7(2)15-16-11(12(10)17)13(18)19/h3-5H,1-2H3,(H,15,17)(H,18,19). The van der Waals surface area contributed by atoms with Gasteiger partial charge in [-0.2, -0.15) is 5.10 Å². The highest BCUT2D eigenvalue weighted by molar-refractivity contribution is 5.87. The van der Waals surface area contributed by atoms with Gasteiger partial charge in [0, 0.05) is 5.69 Å². The SMILES string of the molecule is Cc1cc(F)ccc1-c1c(C)[nH]nc(C(=O)O)c1=O. The van der Waals surface area contributed by atoms with Crippen LogP contribution in [0, 0.1) is 19.7 Å². The number of nitrogens with one attached hydrogen (secondary N) is 1. The molecule has 0 radical (unpaired) electrons. The fraction of sp³-hybridized carbons (Fsp3) is 0.154. The van der Waals surface area contributed by atoms with Gasteiger partial charge in [0.15, 0.2) is 0 Å². The Morgan fingerprint density at radius 3 is 2.63 bits per heavy atom. The molecule has 0 unspecified atom stereocenters. The molecule has 19 heavy (non-hydrogen) atoms. The molecule has 0 fully saturated rings. The minimum absolute atomic E-state index is 0.199. The van der Waals surface area contributed by atoms with Gasteiger partial charge in [-0.3, -0.25) is 9.89 Å². The second kappa shape index (κ2) is 4.64. The molecule has 2 aromatic rings. The van der Waals surface area contributed by atoms with Gasteiger partial charge in [-0.15, -0.1) is 0 Å². The molecule has 1 heterocycles. The molecule has 0 spiro atoms. The van der Waals surface area contributed by atoms with Gasteiger partial charge >= 0.3 is 5.97 Å². The third kappa shape index (κ3) is 2.24. The Morgan fingerprint density at radius 1 is 1.37 bits per heavy atom. The van der Waals surface area contributed by atoms with Gasteiger partial charge in [-0.1, -0.05) is 6.07 Å². The Labute approximate surface area is 107 Å². The molecule has 0 atom stereocenters.